The van der Waals surface area contributed by atoms with Gasteiger partial charge in [-0.3, -0.25) is 14.3 Å². The molecule has 166 valence electrons. The zero-order valence-electron chi connectivity index (χ0n) is 18.0. The van der Waals surface area contributed by atoms with E-state index < -0.39 is 0 Å². The number of rotatable bonds is 6. The van der Waals surface area contributed by atoms with Gasteiger partial charge in [0.15, 0.2) is 5.16 Å². The van der Waals surface area contributed by atoms with Crippen LogP contribution in [0.2, 0.25) is 0 Å². The summed E-state index contributed by atoms with van der Waals surface area (Å²) in [6, 6.07) is 1.83. The number of aromatic nitrogens is 4. The second kappa shape index (κ2) is 9.03. The van der Waals surface area contributed by atoms with Crippen LogP contribution < -0.4 is 5.56 Å². The van der Waals surface area contributed by atoms with Gasteiger partial charge in [-0.2, -0.15) is 0 Å². The molecule has 1 aliphatic heterocycles. The summed E-state index contributed by atoms with van der Waals surface area (Å²) in [5, 5.41) is 5.08. The van der Waals surface area contributed by atoms with Crippen LogP contribution in [0, 0.1) is 13.8 Å². The summed E-state index contributed by atoms with van der Waals surface area (Å²) in [7, 11) is 0. The molecule has 0 N–H and O–H groups in total. The molecule has 4 aromatic rings. The molecule has 0 bridgehead atoms. The predicted molar refractivity (Wildman–Crippen MR) is 131 cm³/mol. The summed E-state index contributed by atoms with van der Waals surface area (Å²) >= 11 is 4.61. The number of nitrogens with zero attached hydrogens (tertiary/aromatic N) is 5. The van der Waals surface area contributed by atoms with Gasteiger partial charge in [-0.25, -0.2) is 15.0 Å². The Kier molecular flexibility index (Phi) is 6.13. The second-order valence-corrected chi connectivity index (χ2v) is 10.7. The minimum Gasteiger partial charge on any atom is -0.379 e. The fraction of sp³-hybridized carbons (Fsp3) is 0.364. The Labute approximate surface area is 197 Å². The lowest BCUT2D eigenvalue weighted by molar-refractivity contribution is 0.0330. The van der Waals surface area contributed by atoms with Crippen LogP contribution in [0.1, 0.15) is 16.3 Å². The van der Waals surface area contributed by atoms with E-state index >= 15 is 0 Å². The van der Waals surface area contributed by atoms with E-state index in [4.69, 9.17) is 19.7 Å². The maximum absolute atomic E-state index is 13.1. The van der Waals surface area contributed by atoms with Crippen LogP contribution >= 0.6 is 34.4 Å². The van der Waals surface area contributed by atoms with Gasteiger partial charge in [0.05, 0.1) is 25.1 Å². The third-order valence-electron chi connectivity index (χ3n) is 5.56. The van der Waals surface area contributed by atoms with E-state index in [1.165, 1.54) is 33.5 Å². The van der Waals surface area contributed by atoms with Gasteiger partial charge in [-0.1, -0.05) is 6.08 Å². The largest absolute Gasteiger partial charge is 0.379 e. The Morgan fingerprint density at radius 1 is 1.22 bits per heavy atom. The van der Waals surface area contributed by atoms with Crippen molar-refractivity contribution in [1.29, 1.82) is 0 Å². The van der Waals surface area contributed by atoms with Crippen LogP contribution in [-0.4, -0.2) is 50.7 Å². The van der Waals surface area contributed by atoms with Crippen molar-refractivity contribution in [1.82, 2.24) is 24.4 Å². The highest BCUT2D eigenvalue weighted by Crippen LogP contribution is 2.38. The summed E-state index contributed by atoms with van der Waals surface area (Å²) in [4.78, 5) is 33.0. The Bertz CT molecular complexity index is 1370. The summed E-state index contributed by atoms with van der Waals surface area (Å²) in [6.45, 7) is 12.3. The van der Waals surface area contributed by atoms with E-state index in [9.17, 15) is 4.79 Å². The highest BCUT2D eigenvalue weighted by Gasteiger charge is 2.21. The summed E-state index contributed by atoms with van der Waals surface area (Å²) in [5.74, 6) is 0.790. The smallest absolute Gasteiger partial charge is 0.263 e. The molecule has 1 aliphatic rings. The van der Waals surface area contributed by atoms with Crippen molar-refractivity contribution >= 4 is 54.9 Å². The van der Waals surface area contributed by atoms with Gasteiger partial charge in [0.1, 0.15) is 20.5 Å². The van der Waals surface area contributed by atoms with Crippen LogP contribution in [0.5, 0.6) is 0 Å². The summed E-state index contributed by atoms with van der Waals surface area (Å²) < 4.78 is 7.15. The van der Waals surface area contributed by atoms with E-state index in [1.807, 2.05) is 11.4 Å². The van der Waals surface area contributed by atoms with Crippen LogP contribution in [0.4, 0.5) is 0 Å². The van der Waals surface area contributed by atoms with Crippen LogP contribution in [0.25, 0.3) is 20.4 Å². The zero-order chi connectivity index (χ0) is 22.2. The quantitative estimate of drug-likeness (QED) is 0.230. The number of allylic oxidation sites excluding steroid dienone is 1. The maximum Gasteiger partial charge on any atom is 0.263 e. The van der Waals surface area contributed by atoms with Crippen LogP contribution in [0.3, 0.4) is 0 Å². The Morgan fingerprint density at radius 3 is 2.81 bits per heavy atom. The second-order valence-electron chi connectivity index (χ2n) is 7.64. The molecular formula is C22H23N5O2S3. The van der Waals surface area contributed by atoms with Gasteiger partial charge in [0.25, 0.3) is 5.56 Å². The number of aryl methyl sites for hydroxylation is 2. The topological polar surface area (TPSA) is 73.1 Å². The molecule has 0 radical (unpaired) electrons. The van der Waals surface area contributed by atoms with E-state index in [1.54, 1.807) is 22.0 Å². The van der Waals surface area contributed by atoms with Gasteiger partial charge >= 0.3 is 0 Å². The normalized spacial score (nSPS) is 15.1. The van der Waals surface area contributed by atoms with Gasteiger partial charge < -0.3 is 4.74 Å². The fourth-order valence-corrected chi connectivity index (χ4v) is 6.75. The molecule has 0 unspecified atom stereocenters. The first-order valence-corrected chi connectivity index (χ1v) is 12.9. The lowest BCUT2D eigenvalue weighted by atomic mass is 10.2. The van der Waals surface area contributed by atoms with Crippen molar-refractivity contribution in [2.45, 2.75) is 37.1 Å². The molecule has 1 fully saturated rings. The van der Waals surface area contributed by atoms with Crippen molar-refractivity contribution in [3.05, 3.63) is 50.7 Å². The molecule has 5 rings (SSSR count). The van der Waals surface area contributed by atoms with Crippen molar-refractivity contribution in [3.63, 3.8) is 0 Å². The minimum absolute atomic E-state index is 0.0456. The average molecular weight is 486 g/mol. The number of hydrogen-bond donors (Lipinski definition) is 0. The van der Waals surface area contributed by atoms with Crippen molar-refractivity contribution in [3.8, 4) is 0 Å². The van der Waals surface area contributed by atoms with Gasteiger partial charge in [-0.15, -0.1) is 29.3 Å². The fourth-order valence-electron chi connectivity index (χ4n) is 3.74. The lowest BCUT2D eigenvalue weighted by Crippen LogP contribution is -2.36. The predicted octanol–water partition coefficient (Wildman–Crippen LogP) is 4.25. The standard InChI is InChI=1S/C22H23N5O2S3/c1-4-6-27-21(28)15-5-11-30-18(15)25-22(27)32-20-17-13(2)14(3)31-19(17)23-16(24-20)12-26-7-9-29-10-8-26/h4-5,11H,1,6-10,12H2,2-3H3. The Hall–Kier alpha value is -2.11. The molecular weight excluding hydrogens is 462 g/mol. The van der Waals surface area contributed by atoms with E-state index in [0.29, 0.717) is 23.6 Å². The molecule has 7 nitrogen and oxygen atoms in total. The SMILES string of the molecule is C=CCn1c(Sc2nc(CN3CCOCC3)nc3sc(C)c(C)c23)nc2sccc2c1=O. The first-order valence-electron chi connectivity index (χ1n) is 10.4. The van der Waals surface area contributed by atoms with E-state index in [0.717, 1.165) is 52.2 Å². The molecule has 0 saturated carbocycles. The van der Waals surface area contributed by atoms with E-state index in [2.05, 4.69) is 25.3 Å². The molecule has 0 aromatic carbocycles. The molecule has 0 atom stereocenters. The lowest BCUT2D eigenvalue weighted by Gasteiger charge is -2.25. The van der Waals surface area contributed by atoms with Crippen LogP contribution in [-0.2, 0) is 17.8 Å². The summed E-state index contributed by atoms with van der Waals surface area (Å²) in [5.41, 5.74) is 1.14. The molecule has 4 aromatic heterocycles. The number of fused-ring (bicyclic) bond motifs is 2. The number of thiophene rings is 2. The monoisotopic (exact) mass is 485 g/mol. The number of ether oxygens (including phenoxy) is 1. The molecule has 32 heavy (non-hydrogen) atoms. The Balaban J connectivity index is 1.62. The molecule has 1 saturated heterocycles. The van der Waals surface area contributed by atoms with E-state index in [-0.39, 0.29) is 5.56 Å². The van der Waals surface area contributed by atoms with Crippen molar-refractivity contribution in [2.24, 2.45) is 0 Å². The average Bonchev–Trinajstić information content (AvgIpc) is 3.36. The number of hydrogen-bond acceptors (Lipinski definition) is 9. The third kappa shape index (κ3) is 4.01. The minimum atomic E-state index is -0.0456. The first-order chi connectivity index (χ1) is 15.5. The molecule has 10 heteroatoms. The van der Waals surface area contributed by atoms with Crippen LogP contribution in [0.15, 0.2) is 39.1 Å². The maximum atomic E-state index is 13.1. The first kappa shape index (κ1) is 21.7. The third-order valence-corrected chi connectivity index (χ3v) is 8.45. The highest BCUT2D eigenvalue weighted by molar-refractivity contribution is 7.99. The van der Waals surface area contributed by atoms with Crippen molar-refractivity contribution < 1.29 is 4.74 Å². The summed E-state index contributed by atoms with van der Waals surface area (Å²) in [6.07, 6.45) is 1.73. The molecule has 5 heterocycles. The highest BCUT2D eigenvalue weighted by atomic mass is 32.2. The Morgan fingerprint density at radius 2 is 2.03 bits per heavy atom. The number of morpholine rings is 1. The zero-order valence-corrected chi connectivity index (χ0v) is 20.4. The molecule has 0 spiro atoms. The molecule has 0 amide bonds. The van der Waals surface area contributed by atoms with Gasteiger partial charge in [-0.05, 0) is 42.6 Å². The van der Waals surface area contributed by atoms with Crippen molar-refractivity contribution in [2.75, 3.05) is 26.3 Å². The van der Waals surface area contributed by atoms with Gasteiger partial charge in [0.2, 0.25) is 0 Å². The van der Waals surface area contributed by atoms with Gasteiger partial charge in [0, 0.05) is 29.9 Å². The molecule has 0 aliphatic carbocycles.